The fourth-order valence-corrected chi connectivity index (χ4v) is 2.39. The number of hydrogen-bond donors (Lipinski definition) is 1. The Morgan fingerprint density at radius 1 is 1.12 bits per heavy atom. The van der Waals surface area contributed by atoms with E-state index >= 15 is 0 Å². The molecule has 6 heteroatoms. The number of nitrogens with zero attached hydrogens (tertiary/aromatic N) is 1. The Kier molecular flexibility index (Phi) is 4.29. The van der Waals surface area contributed by atoms with Gasteiger partial charge in [-0.25, -0.2) is 9.78 Å². The molecule has 0 bridgehead atoms. The highest BCUT2D eigenvalue weighted by Crippen LogP contribution is 2.22. The molecule has 6 nitrogen and oxygen atoms in total. The Morgan fingerprint density at radius 3 is 2.62 bits per heavy atom. The average Bonchev–Trinajstić information content (AvgIpc) is 2.61. The van der Waals surface area contributed by atoms with E-state index in [0.717, 1.165) is 0 Å². The van der Waals surface area contributed by atoms with Crippen molar-refractivity contribution in [2.75, 3.05) is 7.11 Å². The van der Waals surface area contributed by atoms with E-state index in [0.29, 0.717) is 28.0 Å². The van der Waals surface area contributed by atoms with Crippen molar-refractivity contribution < 1.29 is 14.3 Å². The number of carbonyl (C=O) groups excluding carboxylic acids is 1. The fraction of sp³-hybridized carbons (Fsp3) is 0.167. The molecule has 0 aliphatic rings. The third-order valence-electron chi connectivity index (χ3n) is 3.63. The first-order valence-corrected chi connectivity index (χ1v) is 7.43. The molecule has 3 aromatic rings. The molecule has 2 aromatic carbocycles. The molecule has 24 heavy (non-hydrogen) atoms. The number of rotatable bonds is 4. The van der Waals surface area contributed by atoms with Gasteiger partial charge in [0, 0.05) is 0 Å². The summed E-state index contributed by atoms with van der Waals surface area (Å²) in [6.45, 7) is 1.65. The van der Waals surface area contributed by atoms with Crippen LogP contribution in [0.25, 0.3) is 10.9 Å². The van der Waals surface area contributed by atoms with Crippen LogP contribution in [0, 0.1) is 0 Å². The largest absolute Gasteiger partial charge is 0.496 e. The maximum absolute atomic E-state index is 12.3. The van der Waals surface area contributed by atoms with Crippen molar-refractivity contribution in [1.29, 1.82) is 0 Å². The van der Waals surface area contributed by atoms with Crippen molar-refractivity contribution in [3.63, 3.8) is 0 Å². The molecule has 1 unspecified atom stereocenters. The first-order chi connectivity index (χ1) is 11.6. The molecule has 0 radical (unpaired) electrons. The number of aromatic nitrogens is 2. The summed E-state index contributed by atoms with van der Waals surface area (Å²) in [7, 11) is 1.48. The monoisotopic (exact) mass is 324 g/mol. The maximum Gasteiger partial charge on any atom is 0.342 e. The van der Waals surface area contributed by atoms with Gasteiger partial charge in [-0.15, -0.1) is 0 Å². The standard InChI is InChI=1S/C18H16N2O4/c1-11(24-18(22)13-8-4-6-10-15(13)23-2)16-19-14-9-5-3-7-12(14)17(21)20-16/h3-11H,1-2H3,(H,19,20,21). The van der Waals surface area contributed by atoms with E-state index in [2.05, 4.69) is 9.97 Å². The second kappa shape index (κ2) is 6.54. The van der Waals surface area contributed by atoms with E-state index in [1.165, 1.54) is 7.11 Å². The number of benzene rings is 2. The summed E-state index contributed by atoms with van der Waals surface area (Å²) in [4.78, 5) is 31.5. The number of ether oxygens (including phenoxy) is 2. The van der Waals surface area contributed by atoms with E-state index in [4.69, 9.17) is 9.47 Å². The molecular formula is C18H16N2O4. The van der Waals surface area contributed by atoms with Gasteiger partial charge < -0.3 is 14.5 Å². The smallest absolute Gasteiger partial charge is 0.342 e. The van der Waals surface area contributed by atoms with Crippen molar-refractivity contribution in [3.8, 4) is 5.75 Å². The van der Waals surface area contributed by atoms with Gasteiger partial charge >= 0.3 is 5.97 Å². The van der Waals surface area contributed by atoms with Crippen LogP contribution >= 0.6 is 0 Å². The topological polar surface area (TPSA) is 81.3 Å². The SMILES string of the molecule is COc1ccccc1C(=O)OC(C)c1nc2ccccc2c(=O)[nH]1. The molecule has 0 spiro atoms. The Bertz CT molecular complexity index is 949. The van der Waals surface area contributed by atoms with Gasteiger partial charge in [-0.3, -0.25) is 4.79 Å². The van der Waals surface area contributed by atoms with E-state index in [9.17, 15) is 9.59 Å². The quantitative estimate of drug-likeness (QED) is 0.746. The summed E-state index contributed by atoms with van der Waals surface area (Å²) in [5, 5.41) is 0.490. The normalized spacial score (nSPS) is 11.9. The number of para-hydroxylation sites is 2. The number of nitrogens with one attached hydrogen (secondary N) is 1. The van der Waals surface area contributed by atoms with Gasteiger partial charge in [0.15, 0.2) is 11.9 Å². The zero-order valence-electron chi connectivity index (χ0n) is 13.3. The highest BCUT2D eigenvalue weighted by molar-refractivity contribution is 5.92. The zero-order valence-corrected chi connectivity index (χ0v) is 13.3. The number of hydrogen-bond acceptors (Lipinski definition) is 5. The van der Waals surface area contributed by atoms with Crippen LogP contribution in [0.4, 0.5) is 0 Å². The average molecular weight is 324 g/mol. The van der Waals surface area contributed by atoms with Crippen LogP contribution in [0.15, 0.2) is 53.3 Å². The van der Waals surface area contributed by atoms with Gasteiger partial charge in [0.05, 0.1) is 18.0 Å². The number of esters is 1. The Morgan fingerprint density at radius 2 is 1.83 bits per heavy atom. The van der Waals surface area contributed by atoms with Crippen LogP contribution in [0.3, 0.4) is 0 Å². The summed E-state index contributed by atoms with van der Waals surface area (Å²) in [5.74, 6) is 0.173. The van der Waals surface area contributed by atoms with Gasteiger partial charge in [0.1, 0.15) is 11.3 Å². The minimum Gasteiger partial charge on any atom is -0.496 e. The molecule has 0 saturated carbocycles. The molecule has 1 heterocycles. The molecule has 0 aliphatic heterocycles. The second-order valence-corrected chi connectivity index (χ2v) is 5.22. The van der Waals surface area contributed by atoms with Crippen LogP contribution in [0.1, 0.15) is 29.2 Å². The number of H-pyrrole nitrogens is 1. The third-order valence-corrected chi connectivity index (χ3v) is 3.63. The first-order valence-electron chi connectivity index (χ1n) is 7.43. The lowest BCUT2D eigenvalue weighted by Gasteiger charge is -2.14. The molecular weight excluding hydrogens is 308 g/mol. The lowest BCUT2D eigenvalue weighted by atomic mass is 10.2. The maximum atomic E-state index is 12.3. The number of aromatic amines is 1. The lowest BCUT2D eigenvalue weighted by Crippen LogP contribution is -2.17. The van der Waals surface area contributed by atoms with E-state index in [1.54, 1.807) is 55.5 Å². The molecule has 0 aliphatic carbocycles. The summed E-state index contributed by atoms with van der Waals surface area (Å²) in [5.41, 5.74) is 0.599. The minimum absolute atomic E-state index is 0.268. The molecule has 1 aromatic heterocycles. The molecule has 0 amide bonds. The predicted molar refractivity (Wildman–Crippen MR) is 89.2 cm³/mol. The van der Waals surface area contributed by atoms with E-state index in [-0.39, 0.29) is 5.56 Å². The Hall–Kier alpha value is -3.15. The molecule has 0 fully saturated rings. The third kappa shape index (κ3) is 2.99. The first kappa shape index (κ1) is 15.7. The van der Waals surface area contributed by atoms with Crippen molar-refractivity contribution in [2.45, 2.75) is 13.0 Å². The van der Waals surface area contributed by atoms with E-state index in [1.807, 2.05) is 0 Å². The molecule has 1 N–H and O–H groups in total. The van der Waals surface area contributed by atoms with Crippen LogP contribution < -0.4 is 10.3 Å². The fourth-order valence-electron chi connectivity index (χ4n) is 2.39. The van der Waals surface area contributed by atoms with Gasteiger partial charge in [-0.05, 0) is 31.2 Å². The molecule has 0 saturated heterocycles. The number of fused-ring (bicyclic) bond motifs is 1. The van der Waals surface area contributed by atoms with Gasteiger partial charge in [-0.1, -0.05) is 24.3 Å². The van der Waals surface area contributed by atoms with Gasteiger partial charge in [-0.2, -0.15) is 0 Å². The molecule has 3 rings (SSSR count). The second-order valence-electron chi connectivity index (χ2n) is 5.22. The van der Waals surface area contributed by atoms with Crippen molar-refractivity contribution in [3.05, 3.63) is 70.3 Å². The summed E-state index contributed by atoms with van der Waals surface area (Å²) >= 11 is 0. The minimum atomic E-state index is -0.709. The number of carbonyl (C=O) groups is 1. The summed E-state index contributed by atoms with van der Waals surface area (Å²) in [6.07, 6.45) is -0.709. The summed E-state index contributed by atoms with van der Waals surface area (Å²) in [6, 6.07) is 13.8. The highest BCUT2D eigenvalue weighted by atomic mass is 16.5. The number of methoxy groups -OCH3 is 1. The van der Waals surface area contributed by atoms with Crippen molar-refractivity contribution in [1.82, 2.24) is 9.97 Å². The predicted octanol–water partition coefficient (Wildman–Crippen LogP) is 2.85. The Balaban J connectivity index is 1.88. The summed E-state index contributed by atoms with van der Waals surface area (Å²) < 4.78 is 10.6. The lowest BCUT2D eigenvalue weighted by molar-refractivity contribution is 0.0316. The molecule has 1 atom stereocenters. The molecule has 122 valence electrons. The van der Waals surface area contributed by atoms with Crippen molar-refractivity contribution >= 4 is 16.9 Å². The zero-order chi connectivity index (χ0) is 17.1. The van der Waals surface area contributed by atoms with Crippen molar-refractivity contribution in [2.24, 2.45) is 0 Å². The Labute approximate surface area is 138 Å². The van der Waals surface area contributed by atoms with Crippen LogP contribution in [-0.4, -0.2) is 23.0 Å². The van der Waals surface area contributed by atoms with Gasteiger partial charge in [0.2, 0.25) is 0 Å². The van der Waals surface area contributed by atoms with Crippen LogP contribution in [0.5, 0.6) is 5.75 Å². The van der Waals surface area contributed by atoms with Crippen LogP contribution in [0.2, 0.25) is 0 Å². The highest BCUT2D eigenvalue weighted by Gasteiger charge is 2.19. The van der Waals surface area contributed by atoms with Gasteiger partial charge in [0.25, 0.3) is 5.56 Å². The van der Waals surface area contributed by atoms with Crippen LogP contribution in [-0.2, 0) is 4.74 Å². The van der Waals surface area contributed by atoms with E-state index < -0.39 is 12.1 Å².